The lowest BCUT2D eigenvalue weighted by Crippen LogP contribution is -2.31. The van der Waals surface area contributed by atoms with Crippen molar-refractivity contribution in [3.05, 3.63) is 10.6 Å². The third-order valence-electron chi connectivity index (χ3n) is 3.27. The molecule has 0 radical (unpaired) electrons. The van der Waals surface area contributed by atoms with Crippen molar-refractivity contribution in [2.45, 2.75) is 67.0 Å². The van der Waals surface area contributed by atoms with Gasteiger partial charge in [0.25, 0.3) is 0 Å². The first kappa shape index (κ1) is 17.4. The van der Waals surface area contributed by atoms with Gasteiger partial charge < -0.3 is 10.2 Å². The summed E-state index contributed by atoms with van der Waals surface area (Å²) < 4.78 is 0. The van der Waals surface area contributed by atoms with Crippen molar-refractivity contribution in [3.8, 4) is 0 Å². The standard InChI is InChI=1S/C16H31N3S/c1-7-9-19(13(5)6)16-18-14(8-2)15(20-16)11-17-10-12(3)4/h12-13,17H,7-11H2,1-6H3. The Bertz CT molecular complexity index is 385. The molecule has 0 aliphatic rings. The third kappa shape index (κ3) is 5.06. The van der Waals surface area contributed by atoms with Crippen molar-refractivity contribution in [2.75, 3.05) is 18.0 Å². The quantitative estimate of drug-likeness (QED) is 0.744. The number of hydrogen-bond acceptors (Lipinski definition) is 4. The van der Waals surface area contributed by atoms with Crippen LogP contribution in [0.5, 0.6) is 0 Å². The zero-order valence-corrected chi connectivity index (χ0v) is 14.8. The average molecular weight is 298 g/mol. The first-order valence-corrected chi connectivity index (χ1v) is 8.77. The van der Waals surface area contributed by atoms with Crippen LogP contribution in [0.25, 0.3) is 0 Å². The van der Waals surface area contributed by atoms with Crippen molar-refractivity contribution in [3.63, 3.8) is 0 Å². The molecule has 0 atom stereocenters. The minimum Gasteiger partial charge on any atom is -0.346 e. The van der Waals surface area contributed by atoms with E-state index in [2.05, 4.69) is 51.8 Å². The zero-order valence-electron chi connectivity index (χ0n) is 14.0. The normalized spacial score (nSPS) is 11.6. The van der Waals surface area contributed by atoms with E-state index in [0.29, 0.717) is 12.0 Å². The first-order valence-electron chi connectivity index (χ1n) is 7.95. The fraction of sp³-hybridized carbons (Fsp3) is 0.812. The molecular formula is C16H31N3S. The fourth-order valence-electron chi connectivity index (χ4n) is 2.20. The molecule has 0 saturated heterocycles. The van der Waals surface area contributed by atoms with Crippen LogP contribution in [0.3, 0.4) is 0 Å². The van der Waals surface area contributed by atoms with Gasteiger partial charge in [0.15, 0.2) is 5.13 Å². The van der Waals surface area contributed by atoms with Crippen molar-refractivity contribution >= 4 is 16.5 Å². The van der Waals surface area contributed by atoms with Crippen LogP contribution in [0, 0.1) is 5.92 Å². The van der Waals surface area contributed by atoms with Gasteiger partial charge in [-0.1, -0.05) is 27.7 Å². The molecule has 0 bridgehead atoms. The maximum atomic E-state index is 4.87. The van der Waals surface area contributed by atoms with Crippen LogP contribution in [0.1, 0.15) is 58.5 Å². The van der Waals surface area contributed by atoms with Gasteiger partial charge >= 0.3 is 0 Å². The van der Waals surface area contributed by atoms with Gasteiger partial charge in [-0.2, -0.15) is 0 Å². The number of anilines is 1. The van der Waals surface area contributed by atoms with Gasteiger partial charge in [-0.25, -0.2) is 4.98 Å². The van der Waals surface area contributed by atoms with Gasteiger partial charge in [-0.05, 0) is 39.2 Å². The molecule has 116 valence electrons. The number of aryl methyl sites for hydroxylation is 1. The zero-order chi connectivity index (χ0) is 15.1. The van der Waals surface area contributed by atoms with Crippen LogP contribution in [0.15, 0.2) is 0 Å². The van der Waals surface area contributed by atoms with Gasteiger partial charge in [0.2, 0.25) is 0 Å². The molecule has 1 aromatic heterocycles. The third-order valence-corrected chi connectivity index (χ3v) is 4.41. The van der Waals surface area contributed by atoms with Crippen LogP contribution < -0.4 is 10.2 Å². The monoisotopic (exact) mass is 297 g/mol. The average Bonchev–Trinajstić information content (AvgIpc) is 2.78. The van der Waals surface area contributed by atoms with Gasteiger partial charge in [0, 0.05) is 24.0 Å². The molecular weight excluding hydrogens is 266 g/mol. The molecule has 0 amide bonds. The van der Waals surface area contributed by atoms with Crippen LogP contribution >= 0.6 is 11.3 Å². The Morgan fingerprint density at radius 3 is 2.40 bits per heavy atom. The smallest absolute Gasteiger partial charge is 0.186 e. The molecule has 4 heteroatoms. The summed E-state index contributed by atoms with van der Waals surface area (Å²) in [4.78, 5) is 8.70. The van der Waals surface area contributed by atoms with E-state index in [9.17, 15) is 0 Å². The van der Waals surface area contributed by atoms with Crippen molar-refractivity contribution in [1.82, 2.24) is 10.3 Å². The molecule has 0 saturated carbocycles. The molecule has 0 fully saturated rings. The van der Waals surface area contributed by atoms with Gasteiger partial charge in [-0.3, -0.25) is 0 Å². The molecule has 1 rings (SSSR count). The Balaban J connectivity index is 2.80. The number of thiazole rings is 1. The van der Waals surface area contributed by atoms with E-state index in [-0.39, 0.29) is 0 Å². The molecule has 1 heterocycles. The predicted molar refractivity (Wildman–Crippen MR) is 90.8 cm³/mol. The number of rotatable bonds is 9. The Kier molecular flexibility index (Phi) is 7.52. The lowest BCUT2D eigenvalue weighted by molar-refractivity contribution is 0.553. The molecule has 20 heavy (non-hydrogen) atoms. The Hall–Kier alpha value is -0.610. The number of nitrogens with zero attached hydrogens (tertiary/aromatic N) is 2. The van der Waals surface area contributed by atoms with Gasteiger partial charge in [0.05, 0.1) is 5.69 Å². The van der Waals surface area contributed by atoms with Crippen molar-refractivity contribution < 1.29 is 0 Å². The maximum Gasteiger partial charge on any atom is 0.186 e. The molecule has 0 aromatic carbocycles. The summed E-state index contributed by atoms with van der Waals surface area (Å²) >= 11 is 1.86. The topological polar surface area (TPSA) is 28.2 Å². The fourth-order valence-corrected chi connectivity index (χ4v) is 3.47. The summed E-state index contributed by atoms with van der Waals surface area (Å²) in [5.41, 5.74) is 1.27. The minimum atomic E-state index is 0.516. The van der Waals surface area contributed by atoms with Crippen LogP contribution in [-0.4, -0.2) is 24.1 Å². The lowest BCUT2D eigenvalue weighted by Gasteiger charge is -2.25. The molecule has 0 unspecified atom stereocenters. The number of nitrogens with one attached hydrogen (secondary N) is 1. The minimum absolute atomic E-state index is 0.516. The van der Waals surface area contributed by atoms with Gasteiger partial charge in [0.1, 0.15) is 0 Å². The second kappa shape index (κ2) is 8.63. The number of aromatic nitrogens is 1. The highest BCUT2D eigenvalue weighted by molar-refractivity contribution is 7.15. The Morgan fingerprint density at radius 2 is 1.90 bits per heavy atom. The highest BCUT2D eigenvalue weighted by atomic mass is 32.1. The maximum absolute atomic E-state index is 4.87. The highest BCUT2D eigenvalue weighted by Crippen LogP contribution is 2.28. The largest absolute Gasteiger partial charge is 0.346 e. The van der Waals surface area contributed by atoms with E-state index in [1.54, 1.807) is 0 Å². The Labute approximate surface area is 128 Å². The van der Waals surface area contributed by atoms with E-state index in [0.717, 1.165) is 26.1 Å². The van der Waals surface area contributed by atoms with E-state index >= 15 is 0 Å². The lowest BCUT2D eigenvalue weighted by atomic mass is 10.2. The first-order chi connectivity index (χ1) is 9.49. The van der Waals surface area contributed by atoms with E-state index < -0.39 is 0 Å². The van der Waals surface area contributed by atoms with Crippen LogP contribution in [0.4, 0.5) is 5.13 Å². The number of hydrogen-bond donors (Lipinski definition) is 1. The van der Waals surface area contributed by atoms with Crippen LogP contribution in [-0.2, 0) is 13.0 Å². The van der Waals surface area contributed by atoms with Crippen molar-refractivity contribution in [1.29, 1.82) is 0 Å². The molecule has 3 nitrogen and oxygen atoms in total. The van der Waals surface area contributed by atoms with E-state index in [1.807, 2.05) is 11.3 Å². The summed E-state index contributed by atoms with van der Waals surface area (Å²) in [6.07, 6.45) is 2.19. The molecule has 1 aromatic rings. The molecule has 1 N–H and O–H groups in total. The summed E-state index contributed by atoms with van der Waals surface area (Å²) in [6.45, 7) is 16.5. The predicted octanol–water partition coefficient (Wildman–Crippen LogP) is 4.08. The second-order valence-electron chi connectivity index (χ2n) is 6.03. The summed E-state index contributed by atoms with van der Waals surface area (Å²) in [6, 6.07) is 0.516. The SMILES string of the molecule is CCCN(c1nc(CC)c(CNCC(C)C)s1)C(C)C. The molecule has 0 spiro atoms. The highest BCUT2D eigenvalue weighted by Gasteiger charge is 2.17. The second-order valence-corrected chi connectivity index (χ2v) is 7.09. The van der Waals surface area contributed by atoms with Crippen LogP contribution in [0.2, 0.25) is 0 Å². The summed E-state index contributed by atoms with van der Waals surface area (Å²) in [5, 5.41) is 4.74. The molecule has 0 aliphatic heterocycles. The van der Waals surface area contributed by atoms with Crippen molar-refractivity contribution in [2.24, 2.45) is 5.92 Å². The van der Waals surface area contributed by atoms with Gasteiger partial charge in [-0.15, -0.1) is 11.3 Å². The Morgan fingerprint density at radius 1 is 1.20 bits per heavy atom. The summed E-state index contributed by atoms with van der Waals surface area (Å²) in [7, 11) is 0. The van der Waals surface area contributed by atoms with E-state index in [4.69, 9.17) is 4.98 Å². The van der Waals surface area contributed by atoms with E-state index in [1.165, 1.54) is 22.1 Å². The summed E-state index contributed by atoms with van der Waals surface area (Å²) in [5.74, 6) is 0.694. The molecule has 0 aliphatic carbocycles.